The summed E-state index contributed by atoms with van der Waals surface area (Å²) in [4.78, 5) is 8.90. The number of alkyl halides is 3. The van der Waals surface area contributed by atoms with Crippen LogP contribution in [0.4, 0.5) is 13.2 Å². The molecule has 1 saturated carbocycles. The normalized spacial score (nSPS) is 28.9. The zero-order valence-corrected chi connectivity index (χ0v) is 13.9. The fraction of sp³-hybridized carbons (Fsp3) is 0.533. The van der Waals surface area contributed by atoms with Gasteiger partial charge in [0.15, 0.2) is 0 Å². The molecule has 0 radical (unpaired) electrons. The number of aliphatic carboxylic acids is 1. The summed E-state index contributed by atoms with van der Waals surface area (Å²) in [5.41, 5.74) is 1.26. The van der Waals surface area contributed by atoms with Gasteiger partial charge in [-0.2, -0.15) is 13.2 Å². The summed E-state index contributed by atoms with van der Waals surface area (Å²) >= 11 is 12.1. The van der Waals surface area contributed by atoms with Gasteiger partial charge in [0, 0.05) is 12.0 Å². The van der Waals surface area contributed by atoms with E-state index < -0.39 is 12.1 Å². The molecule has 0 bridgehead atoms. The fourth-order valence-electron chi connectivity index (χ4n) is 3.45. The molecule has 0 aromatic heterocycles. The summed E-state index contributed by atoms with van der Waals surface area (Å²) in [6.07, 6.45) is -3.56. The van der Waals surface area contributed by atoms with Crippen molar-refractivity contribution in [2.45, 2.75) is 30.5 Å². The first-order valence-electron chi connectivity index (χ1n) is 7.20. The number of hydrogen-bond acceptors (Lipinski definition) is 3. The maximum Gasteiger partial charge on any atom is 0.490 e. The summed E-state index contributed by atoms with van der Waals surface area (Å²) in [6.45, 7) is 1.91. The Labute approximate surface area is 146 Å². The first-order chi connectivity index (χ1) is 11.1. The Hall–Kier alpha value is -1.02. The van der Waals surface area contributed by atoms with Gasteiger partial charge in [-0.25, -0.2) is 4.79 Å². The number of nitrogens with one attached hydrogen (secondary N) is 1. The molecular formula is C15H16Cl2F3NO3. The van der Waals surface area contributed by atoms with Gasteiger partial charge in [0.05, 0.1) is 16.1 Å². The van der Waals surface area contributed by atoms with Gasteiger partial charge in [0.25, 0.3) is 0 Å². The van der Waals surface area contributed by atoms with Crippen molar-refractivity contribution in [2.24, 2.45) is 5.92 Å². The summed E-state index contributed by atoms with van der Waals surface area (Å²) in [7, 11) is 0. The Kier molecular flexibility index (Phi) is 5.69. The average Bonchev–Trinajstić information content (AvgIpc) is 2.98. The molecule has 1 heterocycles. The van der Waals surface area contributed by atoms with Gasteiger partial charge < -0.3 is 15.5 Å². The number of benzene rings is 1. The second-order valence-electron chi connectivity index (χ2n) is 6.01. The topological polar surface area (TPSA) is 69.6 Å². The molecule has 0 spiro atoms. The van der Waals surface area contributed by atoms with Crippen molar-refractivity contribution in [3.63, 3.8) is 0 Å². The highest BCUT2D eigenvalue weighted by Gasteiger charge is 2.50. The summed E-state index contributed by atoms with van der Waals surface area (Å²) in [5.74, 6) is -2.25. The number of halogens is 5. The van der Waals surface area contributed by atoms with Crippen molar-refractivity contribution >= 4 is 29.2 Å². The van der Waals surface area contributed by atoms with Crippen LogP contribution in [0.25, 0.3) is 0 Å². The highest BCUT2D eigenvalue weighted by Crippen LogP contribution is 2.48. The van der Waals surface area contributed by atoms with E-state index in [0.29, 0.717) is 16.0 Å². The number of aliphatic hydroxyl groups excluding tert-OH is 1. The third-order valence-electron chi connectivity index (χ3n) is 4.51. The van der Waals surface area contributed by atoms with Crippen LogP contribution >= 0.6 is 23.2 Å². The second-order valence-corrected chi connectivity index (χ2v) is 6.82. The van der Waals surface area contributed by atoms with E-state index in [-0.39, 0.29) is 11.5 Å². The minimum atomic E-state index is -5.08. The molecule has 1 aliphatic heterocycles. The number of rotatable bonds is 1. The molecule has 2 fully saturated rings. The lowest BCUT2D eigenvalue weighted by Crippen LogP contribution is -2.31. The Morgan fingerprint density at radius 1 is 1.29 bits per heavy atom. The van der Waals surface area contributed by atoms with Crippen LogP contribution in [0.5, 0.6) is 0 Å². The lowest BCUT2D eigenvalue weighted by atomic mass is 9.74. The highest BCUT2D eigenvalue weighted by molar-refractivity contribution is 6.42. The van der Waals surface area contributed by atoms with E-state index in [4.69, 9.17) is 33.1 Å². The molecule has 134 valence electrons. The SMILES string of the molecule is O=C(O)C(F)(F)F.O[C@H]1C[C@@H]2CNC[C@]2(c2ccc(Cl)c(Cl)c2)C1. The van der Waals surface area contributed by atoms with E-state index >= 15 is 0 Å². The van der Waals surface area contributed by atoms with Crippen LogP contribution in [0, 0.1) is 5.92 Å². The predicted molar refractivity (Wildman–Crippen MR) is 83.4 cm³/mol. The molecule has 1 aromatic rings. The van der Waals surface area contributed by atoms with E-state index in [2.05, 4.69) is 5.32 Å². The standard InChI is InChI=1S/C13H15Cl2NO.C2HF3O2/c14-11-2-1-8(4-12(11)15)13-5-10(17)3-9(13)6-16-7-13;3-2(4,5)1(6)7/h1-2,4,9-10,16-17H,3,5-7H2;(H,6,7)/t9-,10+,13+;/m1./s1. The molecule has 24 heavy (non-hydrogen) atoms. The van der Waals surface area contributed by atoms with Gasteiger partial charge in [-0.15, -0.1) is 0 Å². The van der Waals surface area contributed by atoms with Crippen molar-refractivity contribution in [1.29, 1.82) is 0 Å². The van der Waals surface area contributed by atoms with Crippen LogP contribution in [0.2, 0.25) is 10.0 Å². The van der Waals surface area contributed by atoms with Crippen molar-refractivity contribution in [2.75, 3.05) is 13.1 Å². The van der Waals surface area contributed by atoms with E-state index in [9.17, 15) is 18.3 Å². The highest BCUT2D eigenvalue weighted by atomic mass is 35.5. The van der Waals surface area contributed by atoms with Crippen LogP contribution in [0.1, 0.15) is 18.4 Å². The molecule has 2 aliphatic rings. The number of carboxylic acid groups (broad SMARTS) is 1. The van der Waals surface area contributed by atoms with Crippen molar-refractivity contribution in [1.82, 2.24) is 5.32 Å². The molecule has 4 nitrogen and oxygen atoms in total. The molecular weight excluding hydrogens is 370 g/mol. The van der Waals surface area contributed by atoms with Crippen molar-refractivity contribution in [3.8, 4) is 0 Å². The minimum Gasteiger partial charge on any atom is -0.475 e. The molecule has 3 rings (SSSR count). The molecule has 0 unspecified atom stereocenters. The number of hydrogen-bond donors (Lipinski definition) is 3. The smallest absolute Gasteiger partial charge is 0.475 e. The van der Waals surface area contributed by atoms with Crippen LogP contribution in [-0.2, 0) is 10.2 Å². The van der Waals surface area contributed by atoms with E-state index in [1.54, 1.807) is 0 Å². The Morgan fingerprint density at radius 3 is 2.46 bits per heavy atom. The molecule has 9 heteroatoms. The van der Waals surface area contributed by atoms with E-state index in [0.717, 1.165) is 25.9 Å². The van der Waals surface area contributed by atoms with Crippen LogP contribution in [-0.4, -0.2) is 41.6 Å². The van der Waals surface area contributed by atoms with E-state index in [1.165, 1.54) is 5.56 Å². The first kappa shape index (κ1) is 19.3. The maximum absolute atomic E-state index is 10.6. The fourth-order valence-corrected chi connectivity index (χ4v) is 3.75. The molecule has 0 amide bonds. The maximum atomic E-state index is 10.6. The van der Waals surface area contributed by atoms with Crippen LogP contribution in [0.3, 0.4) is 0 Å². The number of carbonyl (C=O) groups is 1. The summed E-state index contributed by atoms with van der Waals surface area (Å²) in [6, 6.07) is 5.86. The second kappa shape index (κ2) is 7.07. The Morgan fingerprint density at radius 2 is 1.92 bits per heavy atom. The first-order valence-corrected chi connectivity index (χ1v) is 7.96. The van der Waals surface area contributed by atoms with Crippen molar-refractivity contribution in [3.05, 3.63) is 33.8 Å². The summed E-state index contributed by atoms with van der Waals surface area (Å²) < 4.78 is 31.7. The number of carboxylic acids is 1. The van der Waals surface area contributed by atoms with E-state index in [1.807, 2.05) is 18.2 Å². The van der Waals surface area contributed by atoms with Gasteiger partial charge in [0.1, 0.15) is 0 Å². The zero-order valence-electron chi connectivity index (χ0n) is 12.4. The van der Waals surface area contributed by atoms with Gasteiger partial charge in [-0.05, 0) is 43.0 Å². The molecule has 1 aromatic carbocycles. The van der Waals surface area contributed by atoms with Crippen molar-refractivity contribution < 1.29 is 28.2 Å². The average molecular weight is 386 g/mol. The molecule has 3 N–H and O–H groups in total. The number of fused-ring (bicyclic) bond motifs is 1. The van der Waals surface area contributed by atoms with Gasteiger partial charge in [0.2, 0.25) is 0 Å². The van der Waals surface area contributed by atoms with Gasteiger partial charge >= 0.3 is 12.1 Å². The Balaban J connectivity index is 0.000000256. The molecule has 1 saturated heterocycles. The Bertz CT molecular complexity index is 626. The van der Waals surface area contributed by atoms with Crippen LogP contribution in [0.15, 0.2) is 18.2 Å². The third kappa shape index (κ3) is 3.96. The molecule has 1 aliphatic carbocycles. The largest absolute Gasteiger partial charge is 0.490 e. The number of aliphatic hydroxyl groups is 1. The minimum absolute atomic E-state index is 0.0493. The monoisotopic (exact) mass is 385 g/mol. The van der Waals surface area contributed by atoms with Crippen LogP contribution < -0.4 is 5.32 Å². The lowest BCUT2D eigenvalue weighted by Gasteiger charge is -2.29. The third-order valence-corrected chi connectivity index (χ3v) is 5.25. The predicted octanol–water partition coefficient (Wildman–Crippen LogP) is 3.24. The lowest BCUT2D eigenvalue weighted by molar-refractivity contribution is -0.192. The quantitative estimate of drug-likeness (QED) is 0.693. The van der Waals surface area contributed by atoms with Gasteiger partial charge in [-0.1, -0.05) is 29.3 Å². The zero-order chi connectivity index (χ0) is 18.1. The summed E-state index contributed by atoms with van der Waals surface area (Å²) in [5, 5.41) is 21.6. The van der Waals surface area contributed by atoms with Gasteiger partial charge in [-0.3, -0.25) is 0 Å². The molecule has 3 atom stereocenters.